The first-order valence-corrected chi connectivity index (χ1v) is 6.89. The van der Waals surface area contributed by atoms with E-state index < -0.39 is 18.0 Å². The van der Waals surface area contributed by atoms with Crippen LogP contribution in [-0.2, 0) is 0 Å². The van der Waals surface area contributed by atoms with Crippen LogP contribution in [0.1, 0.15) is 29.3 Å². The van der Waals surface area contributed by atoms with E-state index in [4.69, 9.17) is 11.6 Å². The quantitative estimate of drug-likeness (QED) is 0.540. The first-order valence-electron chi connectivity index (χ1n) is 4.87. The SMILES string of the molecule is Cc1cc(Br)c(C(Cl)CCC(F)(F)F)cc1Br. The van der Waals surface area contributed by atoms with Crippen molar-refractivity contribution in [3.63, 3.8) is 0 Å². The molecule has 1 atom stereocenters. The number of benzene rings is 1. The molecular formula is C11H10Br2ClF3. The second-order valence-corrected chi connectivity index (χ2v) is 5.98. The van der Waals surface area contributed by atoms with E-state index >= 15 is 0 Å². The number of hydrogen-bond donors (Lipinski definition) is 0. The predicted molar refractivity (Wildman–Crippen MR) is 70.5 cm³/mol. The average Bonchev–Trinajstić information content (AvgIpc) is 2.19. The molecule has 0 fully saturated rings. The summed E-state index contributed by atoms with van der Waals surface area (Å²) in [5.41, 5.74) is 1.67. The highest BCUT2D eigenvalue weighted by Crippen LogP contribution is 2.37. The van der Waals surface area contributed by atoms with Crippen LogP contribution in [0.25, 0.3) is 0 Å². The summed E-state index contributed by atoms with van der Waals surface area (Å²) in [7, 11) is 0. The number of hydrogen-bond acceptors (Lipinski definition) is 0. The minimum atomic E-state index is -4.17. The molecule has 0 aliphatic rings. The molecule has 1 aromatic rings. The van der Waals surface area contributed by atoms with E-state index in [0.29, 0.717) is 5.56 Å². The molecule has 1 rings (SSSR count). The summed E-state index contributed by atoms with van der Waals surface area (Å²) in [6.07, 6.45) is -5.17. The van der Waals surface area contributed by atoms with E-state index in [-0.39, 0.29) is 6.42 Å². The Kier molecular flexibility index (Phi) is 5.35. The molecule has 17 heavy (non-hydrogen) atoms. The van der Waals surface area contributed by atoms with Crippen LogP contribution < -0.4 is 0 Å². The molecule has 0 aromatic heterocycles. The summed E-state index contributed by atoms with van der Waals surface area (Å²) in [5, 5.41) is -0.650. The van der Waals surface area contributed by atoms with Gasteiger partial charge in [-0.15, -0.1) is 11.6 Å². The van der Waals surface area contributed by atoms with Crippen LogP contribution in [0.15, 0.2) is 21.1 Å². The van der Waals surface area contributed by atoms with Crippen molar-refractivity contribution in [3.05, 3.63) is 32.2 Å². The van der Waals surface area contributed by atoms with Crippen LogP contribution in [0.2, 0.25) is 0 Å². The summed E-state index contributed by atoms with van der Waals surface area (Å²) in [5.74, 6) is 0. The molecular weight excluding hydrogens is 384 g/mol. The van der Waals surface area contributed by atoms with Gasteiger partial charge in [0.2, 0.25) is 0 Å². The molecule has 6 heteroatoms. The molecule has 0 spiro atoms. The fourth-order valence-corrected chi connectivity index (χ4v) is 2.86. The van der Waals surface area contributed by atoms with Crippen LogP contribution in [0.4, 0.5) is 13.2 Å². The van der Waals surface area contributed by atoms with Gasteiger partial charge in [0.15, 0.2) is 0 Å². The van der Waals surface area contributed by atoms with Gasteiger partial charge in [-0.2, -0.15) is 13.2 Å². The average molecular weight is 394 g/mol. The minimum absolute atomic E-state index is 0.126. The van der Waals surface area contributed by atoms with Gasteiger partial charge in [-0.3, -0.25) is 0 Å². The maximum atomic E-state index is 12.1. The van der Waals surface area contributed by atoms with E-state index in [1.165, 1.54) is 0 Å². The second kappa shape index (κ2) is 5.93. The topological polar surface area (TPSA) is 0 Å². The Morgan fingerprint density at radius 3 is 2.35 bits per heavy atom. The van der Waals surface area contributed by atoms with Crippen molar-refractivity contribution in [2.24, 2.45) is 0 Å². The predicted octanol–water partition coefficient (Wildman–Crippen LogP) is 6.14. The Hall–Kier alpha value is 0.260. The summed E-state index contributed by atoms with van der Waals surface area (Å²) < 4.78 is 37.9. The van der Waals surface area contributed by atoms with E-state index in [2.05, 4.69) is 31.9 Å². The molecule has 0 N–H and O–H groups in total. The third-order valence-corrected chi connectivity index (χ3v) is 4.29. The maximum absolute atomic E-state index is 12.1. The molecule has 0 aliphatic heterocycles. The van der Waals surface area contributed by atoms with Gasteiger partial charge in [-0.25, -0.2) is 0 Å². The molecule has 96 valence electrons. The molecule has 0 saturated heterocycles. The van der Waals surface area contributed by atoms with Gasteiger partial charge >= 0.3 is 6.18 Å². The Morgan fingerprint density at radius 1 is 1.24 bits per heavy atom. The number of rotatable bonds is 3. The van der Waals surface area contributed by atoms with E-state index in [1.54, 1.807) is 6.07 Å². The van der Waals surface area contributed by atoms with Crippen molar-refractivity contribution in [2.75, 3.05) is 0 Å². The van der Waals surface area contributed by atoms with Crippen molar-refractivity contribution in [1.29, 1.82) is 0 Å². The zero-order valence-electron chi connectivity index (χ0n) is 8.91. The van der Waals surface area contributed by atoms with Crippen LogP contribution in [0.5, 0.6) is 0 Å². The van der Waals surface area contributed by atoms with E-state index in [9.17, 15) is 13.2 Å². The van der Waals surface area contributed by atoms with Gasteiger partial charge in [0.25, 0.3) is 0 Å². The van der Waals surface area contributed by atoms with Crippen molar-refractivity contribution < 1.29 is 13.2 Å². The maximum Gasteiger partial charge on any atom is 0.389 e. The van der Waals surface area contributed by atoms with Crippen LogP contribution in [0, 0.1) is 6.92 Å². The lowest BCUT2D eigenvalue weighted by Crippen LogP contribution is -2.08. The van der Waals surface area contributed by atoms with Crippen LogP contribution in [-0.4, -0.2) is 6.18 Å². The highest BCUT2D eigenvalue weighted by atomic mass is 79.9. The molecule has 0 saturated carbocycles. The molecule has 0 heterocycles. The molecule has 0 amide bonds. The summed E-state index contributed by atoms with van der Waals surface area (Å²) in [4.78, 5) is 0. The molecule has 1 unspecified atom stereocenters. The number of aryl methyl sites for hydroxylation is 1. The third kappa shape index (κ3) is 4.79. The highest BCUT2D eigenvalue weighted by Gasteiger charge is 2.28. The van der Waals surface area contributed by atoms with Gasteiger partial charge in [0.1, 0.15) is 0 Å². The van der Waals surface area contributed by atoms with E-state index in [0.717, 1.165) is 14.5 Å². The van der Waals surface area contributed by atoms with Gasteiger partial charge in [0.05, 0.1) is 5.38 Å². The monoisotopic (exact) mass is 392 g/mol. The lowest BCUT2D eigenvalue weighted by atomic mass is 10.1. The Morgan fingerprint density at radius 2 is 1.82 bits per heavy atom. The lowest BCUT2D eigenvalue weighted by molar-refractivity contribution is -0.135. The van der Waals surface area contributed by atoms with E-state index in [1.807, 2.05) is 13.0 Å². The fraction of sp³-hybridized carbons (Fsp3) is 0.455. The van der Waals surface area contributed by atoms with Crippen molar-refractivity contribution in [3.8, 4) is 0 Å². The Bertz CT molecular complexity index is 404. The van der Waals surface area contributed by atoms with Gasteiger partial charge in [-0.05, 0) is 36.6 Å². The number of alkyl halides is 4. The van der Waals surface area contributed by atoms with Crippen LogP contribution >= 0.6 is 43.5 Å². The van der Waals surface area contributed by atoms with Gasteiger partial charge in [-0.1, -0.05) is 31.9 Å². The summed E-state index contributed by atoms with van der Waals surface area (Å²) in [6, 6.07) is 3.59. The van der Waals surface area contributed by atoms with Crippen molar-refractivity contribution >= 4 is 43.5 Å². The van der Waals surface area contributed by atoms with Crippen molar-refractivity contribution in [1.82, 2.24) is 0 Å². The Labute approximate surface area is 120 Å². The van der Waals surface area contributed by atoms with Crippen LogP contribution in [0.3, 0.4) is 0 Å². The lowest BCUT2D eigenvalue weighted by Gasteiger charge is -2.14. The zero-order valence-corrected chi connectivity index (χ0v) is 12.8. The largest absolute Gasteiger partial charge is 0.389 e. The first-order chi connectivity index (χ1) is 7.70. The molecule has 0 nitrogen and oxygen atoms in total. The molecule has 0 bridgehead atoms. The smallest absolute Gasteiger partial charge is 0.171 e. The standard InChI is InChI=1S/C11H10Br2ClF3/c1-6-4-9(13)7(5-8(6)12)10(14)2-3-11(15,16)17/h4-5,10H,2-3H2,1H3. The van der Waals surface area contributed by atoms with Gasteiger partial charge < -0.3 is 0 Å². The second-order valence-electron chi connectivity index (χ2n) is 3.74. The highest BCUT2D eigenvalue weighted by molar-refractivity contribution is 9.11. The fourth-order valence-electron chi connectivity index (χ4n) is 1.35. The summed E-state index contributed by atoms with van der Waals surface area (Å²) >= 11 is 12.6. The Balaban J connectivity index is 2.82. The third-order valence-electron chi connectivity index (χ3n) is 2.30. The molecule has 0 aliphatic carbocycles. The molecule has 1 aromatic carbocycles. The normalized spacial score (nSPS) is 13.8. The number of halogens is 6. The van der Waals surface area contributed by atoms with Gasteiger partial charge in [0, 0.05) is 15.4 Å². The first kappa shape index (κ1) is 15.3. The van der Waals surface area contributed by atoms with Crippen molar-refractivity contribution in [2.45, 2.75) is 31.3 Å². The zero-order chi connectivity index (χ0) is 13.2. The molecule has 0 radical (unpaired) electrons. The summed E-state index contributed by atoms with van der Waals surface area (Å²) in [6.45, 7) is 1.90. The minimum Gasteiger partial charge on any atom is -0.171 e.